The predicted molar refractivity (Wildman–Crippen MR) is 73.4 cm³/mol. The molecule has 1 rings (SSSR count). The molecule has 102 valence electrons. The Bertz CT molecular complexity index is 390. The van der Waals surface area contributed by atoms with E-state index in [1.807, 2.05) is 13.0 Å². The first-order valence-corrected chi connectivity index (χ1v) is 6.44. The molecule has 0 bridgehead atoms. The quantitative estimate of drug-likeness (QED) is 0.841. The van der Waals surface area contributed by atoms with Crippen LogP contribution in [0, 0.1) is 12.7 Å². The van der Waals surface area contributed by atoms with Crippen LogP contribution in [0.5, 0.6) is 0 Å². The van der Waals surface area contributed by atoms with Gasteiger partial charge in [0.05, 0.1) is 5.60 Å². The van der Waals surface area contributed by atoms with E-state index in [4.69, 9.17) is 4.74 Å². The van der Waals surface area contributed by atoms with Crippen molar-refractivity contribution in [2.45, 2.75) is 45.8 Å². The van der Waals surface area contributed by atoms with Gasteiger partial charge in [-0.25, -0.2) is 4.39 Å². The molecule has 1 aromatic rings. The summed E-state index contributed by atoms with van der Waals surface area (Å²) in [5.41, 5.74) is 1.87. The van der Waals surface area contributed by atoms with E-state index < -0.39 is 0 Å². The number of rotatable bonds is 6. The van der Waals surface area contributed by atoms with Crippen LogP contribution in [0.2, 0.25) is 0 Å². The number of aryl methyl sites for hydroxylation is 1. The molecule has 0 radical (unpaired) electrons. The van der Waals surface area contributed by atoms with Crippen molar-refractivity contribution in [1.82, 2.24) is 5.32 Å². The van der Waals surface area contributed by atoms with Gasteiger partial charge in [0.15, 0.2) is 0 Å². The first kappa shape index (κ1) is 15.1. The zero-order valence-electron chi connectivity index (χ0n) is 12.0. The van der Waals surface area contributed by atoms with Gasteiger partial charge in [0.1, 0.15) is 5.82 Å². The molecule has 1 aromatic carbocycles. The van der Waals surface area contributed by atoms with Crippen molar-refractivity contribution in [3.63, 3.8) is 0 Å². The normalized spacial score (nSPS) is 13.7. The lowest BCUT2D eigenvalue weighted by Gasteiger charge is -2.34. The molecule has 1 atom stereocenters. The van der Waals surface area contributed by atoms with E-state index in [9.17, 15) is 4.39 Å². The molecule has 0 aliphatic carbocycles. The Morgan fingerprint density at radius 1 is 1.39 bits per heavy atom. The lowest BCUT2D eigenvalue weighted by Crippen LogP contribution is -2.49. The Kier molecular flexibility index (Phi) is 5.29. The van der Waals surface area contributed by atoms with Crippen molar-refractivity contribution >= 4 is 0 Å². The second kappa shape index (κ2) is 6.30. The van der Waals surface area contributed by atoms with Gasteiger partial charge in [-0.15, -0.1) is 0 Å². The first-order chi connectivity index (χ1) is 8.40. The van der Waals surface area contributed by atoms with Crippen molar-refractivity contribution < 1.29 is 9.13 Å². The number of methoxy groups -OCH3 is 1. The zero-order valence-corrected chi connectivity index (χ0v) is 12.0. The molecule has 3 heteroatoms. The summed E-state index contributed by atoms with van der Waals surface area (Å²) in [5.74, 6) is -0.180. The summed E-state index contributed by atoms with van der Waals surface area (Å²) in [6.07, 6.45) is 0.762. The third-order valence-corrected chi connectivity index (χ3v) is 3.55. The van der Waals surface area contributed by atoms with Gasteiger partial charge in [0.25, 0.3) is 0 Å². The summed E-state index contributed by atoms with van der Waals surface area (Å²) in [7, 11) is 1.71. The van der Waals surface area contributed by atoms with Gasteiger partial charge in [-0.2, -0.15) is 0 Å². The Balaban J connectivity index is 2.93. The largest absolute Gasteiger partial charge is 0.377 e. The van der Waals surface area contributed by atoms with Crippen LogP contribution in [0.4, 0.5) is 4.39 Å². The van der Waals surface area contributed by atoms with Gasteiger partial charge in [-0.05, 0) is 57.0 Å². The van der Waals surface area contributed by atoms with Crippen LogP contribution in [-0.2, 0) is 11.2 Å². The predicted octanol–water partition coefficient (Wildman–Crippen LogP) is 3.08. The van der Waals surface area contributed by atoms with Crippen LogP contribution in [0.3, 0.4) is 0 Å². The van der Waals surface area contributed by atoms with Crippen LogP contribution in [0.15, 0.2) is 18.2 Å². The molecule has 0 aliphatic heterocycles. The van der Waals surface area contributed by atoms with Gasteiger partial charge in [0, 0.05) is 13.2 Å². The molecule has 2 nitrogen and oxygen atoms in total. The molecular formula is C15H24FNO. The molecule has 0 saturated carbocycles. The molecule has 0 aromatic heterocycles. The van der Waals surface area contributed by atoms with E-state index in [1.54, 1.807) is 13.2 Å². The average Bonchev–Trinajstić information content (AvgIpc) is 2.33. The smallest absolute Gasteiger partial charge is 0.123 e. The van der Waals surface area contributed by atoms with Crippen molar-refractivity contribution in [1.29, 1.82) is 0 Å². The minimum Gasteiger partial charge on any atom is -0.377 e. The summed E-state index contributed by atoms with van der Waals surface area (Å²) in [6, 6.07) is 5.11. The van der Waals surface area contributed by atoms with Crippen molar-refractivity contribution in [2.75, 3.05) is 13.7 Å². The van der Waals surface area contributed by atoms with Crippen molar-refractivity contribution in [2.24, 2.45) is 0 Å². The van der Waals surface area contributed by atoms with E-state index in [0.717, 1.165) is 24.1 Å². The lowest BCUT2D eigenvalue weighted by atomic mass is 9.90. The maximum Gasteiger partial charge on any atom is 0.123 e. The third-order valence-electron chi connectivity index (χ3n) is 3.55. The van der Waals surface area contributed by atoms with Crippen molar-refractivity contribution in [3.8, 4) is 0 Å². The van der Waals surface area contributed by atoms with Crippen molar-refractivity contribution in [3.05, 3.63) is 35.1 Å². The van der Waals surface area contributed by atoms with E-state index in [-0.39, 0.29) is 17.5 Å². The summed E-state index contributed by atoms with van der Waals surface area (Å²) >= 11 is 0. The van der Waals surface area contributed by atoms with Gasteiger partial charge >= 0.3 is 0 Å². The van der Waals surface area contributed by atoms with Crippen LogP contribution in [0.25, 0.3) is 0 Å². The Labute approximate surface area is 110 Å². The molecule has 0 amide bonds. The topological polar surface area (TPSA) is 21.3 Å². The molecule has 0 aliphatic rings. The number of benzene rings is 1. The molecule has 0 heterocycles. The monoisotopic (exact) mass is 253 g/mol. The summed E-state index contributed by atoms with van der Waals surface area (Å²) in [6.45, 7) is 9.05. The van der Waals surface area contributed by atoms with Gasteiger partial charge in [0.2, 0.25) is 0 Å². The van der Waals surface area contributed by atoms with Crippen LogP contribution in [0.1, 0.15) is 31.9 Å². The lowest BCUT2D eigenvalue weighted by molar-refractivity contribution is -0.00964. The molecule has 1 N–H and O–H groups in total. The molecular weight excluding hydrogens is 229 g/mol. The van der Waals surface area contributed by atoms with Gasteiger partial charge in [-0.3, -0.25) is 0 Å². The summed E-state index contributed by atoms with van der Waals surface area (Å²) < 4.78 is 18.8. The minimum atomic E-state index is -0.283. The Hall–Kier alpha value is -0.930. The average molecular weight is 253 g/mol. The van der Waals surface area contributed by atoms with Crippen LogP contribution < -0.4 is 5.32 Å². The maximum atomic E-state index is 13.3. The fraction of sp³-hybridized carbons (Fsp3) is 0.600. The fourth-order valence-electron chi connectivity index (χ4n) is 2.03. The number of likely N-dealkylation sites (N-methyl/N-ethyl adjacent to an activating group) is 1. The minimum absolute atomic E-state index is 0.160. The molecule has 18 heavy (non-hydrogen) atoms. The standard InChI is InChI=1S/C15H24FNO/c1-6-17-14(15(3,4)18-5)10-12-9-13(16)8-7-11(12)2/h7-9,14,17H,6,10H2,1-5H3. The second-order valence-corrected chi connectivity index (χ2v) is 5.19. The molecule has 0 fully saturated rings. The molecule has 0 spiro atoms. The Morgan fingerprint density at radius 3 is 2.61 bits per heavy atom. The van der Waals surface area contributed by atoms with Gasteiger partial charge in [-0.1, -0.05) is 13.0 Å². The maximum absolute atomic E-state index is 13.3. The second-order valence-electron chi connectivity index (χ2n) is 5.19. The summed E-state index contributed by atoms with van der Waals surface area (Å²) in [4.78, 5) is 0. The Morgan fingerprint density at radius 2 is 2.06 bits per heavy atom. The molecule has 1 unspecified atom stereocenters. The first-order valence-electron chi connectivity index (χ1n) is 6.44. The number of halogens is 1. The molecule has 0 saturated heterocycles. The van der Waals surface area contributed by atoms with Gasteiger partial charge < -0.3 is 10.1 Å². The van der Waals surface area contributed by atoms with E-state index in [1.165, 1.54) is 6.07 Å². The van der Waals surface area contributed by atoms with E-state index in [2.05, 4.69) is 26.1 Å². The van der Waals surface area contributed by atoms with E-state index >= 15 is 0 Å². The van der Waals surface area contributed by atoms with Crippen LogP contribution >= 0.6 is 0 Å². The number of hydrogen-bond donors (Lipinski definition) is 1. The third kappa shape index (κ3) is 3.79. The highest BCUT2D eigenvalue weighted by molar-refractivity contribution is 5.27. The SMILES string of the molecule is CCNC(Cc1cc(F)ccc1C)C(C)(C)OC. The number of ether oxygens (including phenoxy) is 1. The zero-order chi connectivity index (χ0) is 13.8. The van der Waals surface area contributed by atoms with Crippen LogP contribution in [-0.4, -0.2) is 25.3 Å². The van der Waals surface area contributed by atoms with E-state index in [0.29, 0.717) is 0 Å². The number of nitrogens with one attached hydrogen (secondary N) is 1. The highest BCUT2D eigenvalue weighted by atomic mass is 19.1. The summed E-state index contributed by atoms with van der Waals surface area (Å²) in [5, 5.41) is 3.42. The number of hydrogen-bond acceptors (Lipinski definition) is 2. The highest BCUT2D eigenvalue weighted by Crippen LogP contribution is 2.20. The fourth-order valence-corrected chi connectivity index (χ4v) is 2.03. The highest BCUT2D eigenvalue weighted by Gasteiger charge is 2.29.